The summed E-state index contributed by atoms with van der Waals surface area (Å²) in [5.41, 5.74) is 9.99. The van der Waals surface area contributed by atoms with Gasteiger partial charge < -0.3 is 10.2 Å². The van der Waals surface area contributed by atoms with Crippen molar-refractivity contribution >= 4 is 0 Å². The van der Waals surface area contributed by atoms with Gasteiger partial charge in [-0.1, -0.05) is 23.8 Å². The van der Waals surface area contributed by atoms with Gasteiger partial charge in [-0.3, -0.25) is 0 Å². The third-order valence-corrected chi connectivity index (χ3v) is 2.65. The van der Waals surface area contributed by atoms with E-state index in [1.807, 2.05) is 6.92 Å². The van der Waals surface area contributed by atoms with E-state index in [1.54, 1.807) is 0 Å². The summed E-state index contributed by atoms with van der Waals surface area (Å²) in [6.07, 6.45) is 0. The van der Waals surface area contributed by atoms with E-state index >= 15 is 0 Å². The van der Waals surface area contributed by atoms with E-state index in [2.05, 4.69) is 37.0 Å². The van der Waals surface area contributed by atoms with Crippen molar-refractivity contribution < 1.29 is 4.42 Å². The highest BCUT2D eigenvalue weighted by molar-refractivity contribution is 5.65. The maximum atomic E-state index is 5.52. The Bertz CT molecular complexity index is 515. The van der Waals surface area contributed by atoms with Crippen molar-refractivity contribution in [1.29, 1.82) is 0 Å². The molecule has 0 amide bonds. The smallest absolute Gasteiger partial charge is 0.208 e. The summed E-state index contributed by atoms with van der Waals surface area (Å²) >= 11 is 0. The molecular formula is C13H16N2O. The van der Waals surface area contributed by atoms with Gasteiger partial charge in [-0.2, -0.15) is 0 Å². The highest BCUT2D eigenvalue weighted by Crippen LogP contribution is 2.26. The summed E-state index contributed by atoms with van der Waals surface area (Å²) in [6, 6.07) is 6.31. The molecule has 84 valence electrons. The number of hydrogen-bond donors (Lipinski definition) is 1. The fraction of sp³-hybridized carbons (Fsp3) is 0.308. The quantitative estimate of drug-likeness (QED) is 0.839. The SMILES string of the molecule is Cc1ccc(-c2nc(CN)oc2C)c(C)c1. The molecule has 2 rings (SSSR count). The van der Waals surface area contributed by atoms with Crippen LogP contribution in [0, 0.1) is 20.8 Å². The van der Waals surface area contributed by atoms with Crippen molar-refractivity contribution in [3.63, 3.8) is 0 Å². The van der Waals surface area contributed by atoms with Gasteiger partial charge in [0, 0.05) is 5.56 Å². The zero-order valence-electron chi connectivity index (χ0n) is 9.87. The lowest BCUT2D eigenvalue weighted by Gasteiger charge is -2.03. The lowest BCUT2D eigenvalue weighted by molar-refractivity contribution is 0.474. The van der Waals surface area contributed by atoms with Crippen molar-refractivity contribution in [3.05, 3.63) is 41.0 Å². The van der Waals surface area contributed by atoms with Gasteiger partial charge in [-0.25, -0.2) is 4.98 Å². The Balaban J connectivity index is 2.53. The van der Waals surface area contributed by atoms with Crippen molar-refractivity contribution in [2.45, 2.75) is 27.3 Å². The molecule has 1 aromatic carbocycles. The van der Waals surface area contributed by atoms with Crippen LogP contribution in [0.1, 0.15) is 22.8 Å². The Kier molecular flexibility index (Phi) is 2.79. The minimum absolute atomic E-state index is 0.339. The predicted octanol–water partition coefficient (Wildman–Crippen LogP) is 2.73. The molecule has 0 saturated heterocycles. The Hall–Kier alpha value is -1.61. The molecule has 2 aromatic rings. The molecule has 1 heterocycles. The zero-order valence-corrected chi connectivity index (χ0v) is 9.87. The van der Waals surface area contributed by atoms with Crippen LogP contribution in [-0.4, -0.2) is 4.98 Å². The number of oxazole rings is 1. The van der Waals surface area contributed by atoms with Gasteiger partial charge >= 0.3 is 0 Å². The van der Waals surface area contributed by atoms with E-state index in [4.69, 9.17) is 10.2 Å². The standard InChI is InChI=1S/C13H16N2O/c1-8-4-5-11(9(2)6-8)13-10(3)16-12(7-14)15-13/h4-6H,7,14H2,1-3H3. The molecule has 0 unspecified atom stereocenters. The molecule has 16 heavy (non-hydrogen) atoms. The van der Waals surface area contributed by atoms with Crippen LogP contribution >= 0.6 is 0 Å². The third kappa shape index (κ3) is 1.86. The Labute approximate surface area is 95.3 Å². The predicted molar refractivity (Wildman–Crippen MR) is 64.0 cm³/mol. The molecule has 0 fully saturated rings. The second kappa shape index (κ2) is 4.10. The maximum Gasteiger partial charge on any atom is 0.208 e. The van der Waals surface area contributed by atoms with Crippen LogP contribution in [-0.2, 0) is 6.54 Å². The summed E-state index contributed by atoms with van der Waals surface area (Å²) in [5, 5.41) is 0. The van der Waals surface area contributed by atoms with E-state index in [0.29, 0.717) is 12.4 Å². The Morgan fingerprint density at radius 2 is 2.00 bits per heavy atom. The Morgan fingerprint density at radius 1 is 1.25 bits per heavy atom. The molecule has 0 saturated carbocycles. The summed E-state index contributed by atoms with van der Waals surface area (Å²) in [4.78, 5) is 4.40. The minimum Gasteiger partial charge on any atom is -0.444 e. The van der Waals surface area contributed by atoms with Crippen LogP contribution in [0.2, 0.25) is 0 Å². The van der Waals surface area contributed by atoms with Crippen LogP contribution in [0.3, 0.4) is 0 Å². The van der Waals surface area contributed by atoms with Gasteiger partial charge in [0.2, 0.25) is 5.89 Å². The van der Waals surface area contributed by atoms with Gasteiger partial charge in [0.05, 0.1) is 6.54 Å². The van der Waals surface area contributed by atoms with E-state index in [0.717, 1.165) is 17.0 Å². The second-order valence-electron chi connectivity index (χ2n) is 4.03. The number of aryl methyl sites for hydroxylation is 3. The lowest BCUT2D eigenvalue weighted by atomic mass is 10.0. The van der Waals surface area contributed by atoms with Crippen molar-refractivity contribution in [2.75, 3.05) is 0 Å². The molecule has 1 aromatic heterocycles. The summed E-state index contributed by atoms with van der Waals surface area (Å²) < 4.78 is 5.47. The molecule has 2 N–H and O–H groups in total. The first-order valence-electron chi connectivity index (χ1n) is 5.36. The lowest BCUT2D eigenvalue weighted by Crippen LogP contribution is -1.95. The van der Waals surface area contributed by atoms with Crippen LogP contribution in [0.15, 0.2) is 22.6 Å². The van der Waals surface area contributed by atoms with E-state index in [9.17, 15) is 0 Å². The monoisotopic (exact) mass is 216 g/mol. The number of nitrogens with zero attached hydrogens (tertiary/aromatic N) is 1. The first-order chi connectivity index (χ1) is 7.61. The van der Waals surface area contributed by atoms with Crippen LogP contribution in [0.5, 0.6) is 0 Å². The molecule has 0 radical (unpaired) electrons. The largest absolute Gasteiger partial charge is 0.444 e. The van der Waals surface area contributed by atoms with Gasteiger partial charge in [-0.05, 0) is 26.3 Å². The third-order valence-electron chi connectivity index (χ3n) is 2.65. The summed E-state index contributed by atoms with van der Waals surface area (Å²) in [5.74, 6) is 1.42. The molecule has 0 bridgehead atoms. The van der Waals surface area contributed by atoms with Gasteiger partial charge in [-0.15, -0.1) is 0 Å². The minimum atomic E-state index is 0.339. The molecule has 3 heteroatoms. The van der Waals surface area contributed by atoms with Crippen LogP contribution in [0.4, 0.5) is 0 Å². The number of nitrogens with two attached hydrogens (primary N) is 1. The van der Waals surface area contributed by atoms with Crippen molar-refractivity contribution in [1.82, 2.24) is 4.98 Å². The molecule has 0 aliphatic carbocycles. The van der Waals surface area contributed by atoms with Gasteiger partial charge in [0.25, 0.3) is 0 Å². The van der Waals surface area contributed by atoms with Crippen LogP contribution in [0.25, 0.3) is 11.3 Å². The molecule has 3 nitrogen and oxygen atoms in total. The number of aromatic nitrogens is 1. The second-order valence-corrected chi connectivity index (χ2v) is 4.03. The Morgan fingerprint density at radius 3 is 2.56 bits per heavy atom. The van der Waals surface area contributed by atoms with E-state index in [-0.39, 0.29) is 0 Å². The number of hydrogen-bond acceptors (Lipinski definition) is 3. The first-order valence-corrected chi connectivity index (χ1v) is 5.36. The highest BCUT2D eigenvalue weighted by Gasteiger charge is 2.12. The van der Waals surface area contributed by atoms with E-state index < -0.39 is 0 Å². The molecule has 0 aliphatic heterocycles. The van der Waals surface area contributed by atoms with Gasteiger partial charge in [0.15, 0.2) is 0 Å². The van der Waals surface area contributed by atoms with Gasteiger partial charge in [0.1, 0.15) is 11.5 Å². The average Bonchev–Trinajstić information content (AvgIpc) is 2.60. The molecule has 0 atom stereocenters. The fourth-order valence-electron chi connectivity index (χ4n) is 1.87. The topological polar surface area (TPSA) is 52.0 Å². The van der Waals surface area contributed by atoms with Crippen molar-refractivity contribution in [3.8, 4) is 11.3 Å². The van der Waals surface area contributed by atoms with Crippen LogP contribution < -0.4 is 5.73 Å². The normalized spacial score (nSPS) is 10.8. The zero-order chi connectivity index (χ0) is 11.7. The summed E-state index contributed by atoms with van der Waals surface area (Å²) in [6.45, 7) is 6.42. The molecule has 0 spiro atoms. The highest BCUT2D eigenvalue weighted by atomic mass is 16.4. The summed E-state index contributed by atoms with van der Waals surface area (Å²) in [7, 11) is 0. The molecule has 0 aliphatic rings. The average molecular weight is 216 g/mol. The number of rotatable bonds is 2. The van der Waals surface area contributed by atoms with Crippen molar-refractivity contribution in [2.24, 2.45) is 5.73 Å². The fourth-order valence-corrected chi connectivity index (χ4v) is 1.87. The first kappa shape index (κ1) is 10.9. The molecular weight excluding hydrogens is 200 g/mol. The van der Waals surface area contributed by atoms with E-state index in [1.165, 1.54) is 11.1 Å². The maximum absolute atomic E-state index is 5.52. The number of benzene rings is 1.